The molecule has 0 bridgehead atoms. The first-order valence-electron chi connectivity index (χ1n) is 11.7. The fourth-order valence-electron chi connectivity index (χ4n) is 6.13. The van der Waals surface area contributed by atoms with Crippen molar-refractivity contribution in [2.75, 3.05) is 47.6 Å². The highest BCUT2D eigenvalue weighted by molar-refractivity contribution is 6.05. The second-order valence-corrected chi connectivity index (χ2v) is 9.96. The summed E-state index contributed by atoms with van der Waals surface area (Å²) in [7, 11) is 11.9. The summed E-state index contributed by atoms with van der Waals surface area (Å²) in [6.07, 6.45) is 8.17. The van der Waals surface area contributed by atoms with Gasteiger partial charge in [0.25, 0.3) is 0 Å². The van der Waals surface area contributed by atoms with Crippen LogP contribution in [0.2, 0.25) is 0 Å². The lowest BCUT2D eigenvalue weighted by molar-refractivity contribution is -0.0702. The number of benzene rings is 1. The molecule has 4 unspecified atom stereocenters. The number of fused-ring (bicyclic) bond motifs is 2. The number of hydrogen-bond donors (Lipinski definition) is 0. The van der Waals surface area contributed by atoms with E-state index in [1.807, 2.05) is 11.9 Å². The summed E-state index contributed by atoms with van der Waals surface area (Å²) in [5.74, 6) is 1.83. The Balaban J connectivity index is 0.000000171. The Morgan fingerprint density at radius 1 is 1.00 bits per heavy atom. The SMILES string of the molecule is COCC1(C)C2CCCCC2CCN1C.[B]N1CCc2ccccc2C1(C)COC. The van der Waals surface area contributed by atoms with Gasteiger partial charge in [-0.25, -0.2) is 0 Å². The van der Waals surface area contributed by atoms with E-state index in [1.54, 1.807) is 7.11 Å². The third-order valence-electron chi connectivity index (χ3n) is 8.13. The smallest absolute Gasteiger partial charge is 0.183 e. The molecule has 0 spiro atoms. The number of methoxy groups -OCH3 is 2. The standard InChI is InChI=1S/C13H25NO.C12H16BNO/c1-13(10-15-3)12-7-5-4-6-11(12)8-9-14(13)2;1-12(9-15-2)11-6-4-3-5-10(11)7-8-14(12)13/h11-12H,4-10H2,1-3H3;3-6H,7-9H2,1-2H3. The zero-order valence-electron chi connectivity index (χ0n) is 19.8. The van der Waals surface area contributed by atoms with Crippen LogP contribution in [0.15, 0.2) is 24.3 Å². The number of likely N-dealkylation sites (tertiary alicyclic amines) is 1. The molecule has 166 valence electrons. The fourth-order valence-corrected chi connectivity index (χ4v) is 6.13. The van der Waals surface area contributed by atoms with Crippen LogP contribution < -0.4 is 0 Å². The predicted molar refractivity (Wildman–Crippen MR) is 125 cm³/mol. The number of hydrogen-bond acceptors (Lipinski definition) is 4. The Kier molecular flexibility index (Phi) is 8.06. The van der Waals surface area contributed by atoms with E-state index in [9.17, 15) is 0 Å². The molecule has 1 saturated carbocycles. The van der Waals surface area contributed by atoms with Crippen LogP contribution in [0.25, 0.3) is 0 Å². The van der Waals surface area contributed by atoms with E-state index in [4.69, 9.17) is 17.5 Å². The Morgan fingerprint density at radius 2 is 1.70 bits per heavy atom. The molecule has 1 saturated heterocycles. The van der Waals surface area contributed by atoms with Gasteiger partial charge in [0.15, 0.2) is 7.98 Å². The molecule has 0 N–H and O–H groups in total. The first-order valence-corrected chi connectivity index (χ1v) is 11.7. The van der Waals surface area contributed by atoms with Gasteiger partial charge in [-0.1, -0.05) is 43.5 Å². The van der Waals surface area contributed by atoms with Crippen LogP contribution in [0.4, 0.5) is 0 Å². The summed E-state index contributed by atoms with van der Waals surface area (Å²) in [6, 6.07) is 8.47. The minimum atomic E-state index is -0.191. The molecule has 0 amide bonds. The molecule has 5 heteroatoms. The third kappa shape index (κ3) is 4.65. The van der Waals surface area contributed by atoms with Crippen molar-refractivity contribution in [3.63, 3.8) is 0 Å². The molecule has 1 aliphatic carbocycles. The zero-order valence-corrected chi connectivity index (χ0v) is 19.8. The van der Waals surface area contributed by atoms with Crippen molar-refractivity contribution < 1.29 is 9.47 Å². The van der Waals surface area contributed by atoms with E-state index in [1.165, 1.54) is 49.8 Å². The van der Waals surface area contributed by atoms with Crippen molar-refractivity contribution in [2.45, 2.75) is 63.5 Å². The molecule has 30 heavy (non-hydrogen) atoms. The van der Waals surface area contributed by atoms with E-state index in [0.717, 1.165) is 31.4 Å². The number of ether oxygens (including phenoxy) is 2. The molecular weight excluding hydrogens is 371 g/mol. The monoisotopic (exact) mass is 412 g/mol. The van der Waals surface area contributed by atoms with Crippen molar-refractivity contribution in [1.82, 2.24) is 9.71 Å². The molecular formula is C25H41BN2O2. The van der Waals surface area contributed by atoms with Crippen LogP contribution in [0.1, 0.15) is 57.1 Å². The van der Waals surface area contributed by atoms with Gasteiger partial charge < -0.3 is 14.3 Å². The van der Waals surface area contributed by atoms with Gasteiger partial charge in [-0.05, 0) is 76.2 Å². The van der Waals surface area contributed by atoms with Crippen LogP contribution in [-0.4, -0.2) is 70.8 Å². The van der Waals surface area contributed by atoms with Crippen molar-refractivity contribution in [3.05, 3.63) is 35.4 Å². The van der Waals surface area contributed by atoms with Gasteiger partial charge in [0.2, 0.25) is 0 Å². The minimum Gasteiger partial charge on any atom is -0.383 e. The van der Waals surface area contributed by atoms with Gasteiger partial charge in [-0.3, -0.25) is 4.90 Å². The second kappa shape index (κ2) is 10.2. The third-order valence-corrected chi connectivity index (χ3v) is 8.13. The van der Waals surface area contributed by atoms with Gasteiger partial charge >= 0.3 is 0 Å². The van der Waals surface area contributed by atoms with Crippen LogP contribution in [0, 0.1) is 11.8 Å². The molecule has 2 aliphatic heterocycles. The molecule has 4 rings (SSSR count). The summed E-state index contributed by atoms with van der Waals surface area (Å²) in [5.41, 5.74) is 2.78. The summed E-state index contributed by atoms with van der Waals surface area (Å²) in [6.45, 7) is 8.19. The van der Waals surface area contributed by atoms with Gasteiger partial charge in [0, 0.05) is 19.8 Å². The minimum absolute atomic E-state index is 0.191. The average molecular weight is 412 g/mol. The molecule has 1 aromatic rings. The fraction of sp³-hybridized carbons (Fsp3) is 0.760. The van der Waals surface area contributed by atoms with E-state index >= 15 is 0 Å². The number of nitrogens with zero attached hydrogens (tertiary/aromatic N) is 2. The molecule has 2 fully saturated rings. The van der Waals surface area contributed by atoms with Crippen LogP contribution in [-0.2, 0) is 21.4 Å². The summed E-state index contributed by atoms with van der Waals surface area (Å²) >= 11 is 0. The van der Waals surface area contributed by atoms with E-state index in [0.29, 0.717) is 6.61 Å². The topological polar surface area (TPSA) is 24.9 Å². The van der Waals surface area contributed by atoms with Gasteiger partial charge in [-0.15, -0.1) is 0 Å². The Hall–Kier alpha value is -0.875. The van der Waals surface area contributed by atoms with E-state index in [2.05, 4.69) is 50.1 Å². The lowest BCUT2D eigenvalue weighted by atomic mass is 9.65. The average Bonchev–Trinajstić information content (AvgIpc) is 2.75. The van der Waals surface area contributed by atoms with Crippen LogP contribution in [0.3, 0.4) is 0 Å². The predicted octanol–water partition coefficient (Wildman–Crippen LogP) is 4.02. The molecule has 4 atom stereocenters. The van der Waals surface area contributed by atoms with Crippen LogP contribution >= 0.6 is 0 Å². The Bertz CT molecular complexity index is 687. The largest absolute Gasteiger partial charge is 0.383 e. The number of likely N-dealkylation sites (N-methyl/N-ethyl adjacent to an activating group) is 1. The maximum Gasteiger partial charge on any atom is 0.183 e. The quantitative estimate of drug-likeness (QED) is 0.698. The first kappa shape index (κ1) is 23.8. The summed E-state index contributed by atoms with van der Waals surface area (Å²) in [4.78, 5) is 4.42. The second-order valence-electron chi connectivity index (χ2n) is 9.96. The zero-order chi connectivity index (χ0) is 21.8. The van der Waals surface area contributed by atoms with E-state index < -0.39 is 0 Å². The molecule has 3 aliphatic rings. The lowest BCUT2D eigenvalue weighted by Gasteiger charge is -2.53. The molecule has 2 heterocycles. The molecule has 4 nitrogen and oxygen atoms in total. The number of rotatable bonds is 4. The number of piperidine rings is 1. The maximum atomic E-state index is 6.07. The van der Waals surface area contributed by atoms with Crippen molar-refractivity contribution in [3.8, 4) is 0 Å². The molecule has 2 radical (unpaired) electrons. The van der Waals surface area contributed by atoms with Gasteiger partial charge in [-0.2, -0.15) is 0 Å². The normalized spacial score (nSPS) is 34.4. The van der Waals surface area contributed by atoms with Crippen molar-refractivity contribution in [2.24, 2.45) is 11.8 Å². The first-order chi connectivity index (χ1) is 14.4. The van der Waals surface area contributed by atoms with Gasteiger partial charge in [0.05, 0.1) is 18.8 Å². The van der Waals surface area contributed by atoms with E-state index in [-0.39, 0.29) is 11.1 Å². The highest BCUT2D eigenvalue weighted by Crippen LogP contribution is 2.45. The Morgan fingerprint density at radius 3 is 2.43 bits per heavy atom. The summed E-state index contributed by atoms with van der Waals surface area (Å²) in [5, 5.41) is 0. The van der Waals surface area contributed by atoms with Gasteiger partial charge in [0.1, 0.15) is 0 Å². The highest BCUT2D eigenvalue weighted by Gasteiger charge is 2.46. The van der Waals surface area contributed by atoms with Crippen molar-refractivity contribution in [1.29, 1.82) is 0 Å². The maximum absolute atomic E-state index is 6.07. The van der Waals surface area contributed by atoms with Crippen molar-refractivity contribution >= 4 is 7.98 Å². The van der Waals surface area contributed by atoms with Crippen LogP contribution in [0.5, 0.6) is 0 Å². The summed E-state index contributed by atoms with van der Waals surface area (Å²) < 4.78 is 10.8. The molecule has 1 aromatic carbocycles. The lowest BCUT2D eigenvalue weighted by Crippen LogP contribution is -2.59. The molecule has 0 aromatic heterocycles. The highest BCUT2D eigenvalue weighted by atomic mass is 16.5. The Labute approximate surface area is 185 Å².